The molecule has 1 N–H and O–H groups in total. The fourth-order valence-electron chi connectivity index (χ4n) is 3.99. The van der Waals surface area contributed by atoms with Crippen LogP contribution < -0.4 is 5.32 Å². The highest BCUT2D eigenvalue weighted by molar-refractivity contribution is 7.92. The molecule has 0 spiro atoms. The number of carbonyl (C=O) groups excluding carboxylic acids is 1. The van der Waals surface area contributed by atoms with Crippen LogP contribution >= 0.6 is 12.4 Å². The smallest absolute Gasteiger partial charge is 0.253 e. The van der Waals surface area contributed by atoms with Crippen molar-refractivity contribution >= 4 is 28.2 Å². The van der Waals surface area contributed by atoms with E-state index >= 15 is 0 Å². The van der Waals surface area contributed by atoms with E-state index in [0.29, 0.717) is 16.4 Å². The topological polar surface area (TPSA) is 66.5 Å². The van der Waals surface area contributed by atoms with Gasteiger partial charge in [0.25, 0.3) is 5.91 Å². The second-order valence-corrected chi connectivity index (χ2v) is 9.50. The molecule has 0 unspecified atom stereocenters. The Morgan fingerprint density at radius 2 is 1.65 bits per heavy atom. The second kappa shape index (κ2) is 9.20. The number of carbonyl (C=O) groups is 1. The number of halogens is 1. The van der Waals surface area contributed by atoms with Crippen molar-refractivity contribution in [3.63, 3.8) is 0 Å². The van der Waals surface area contributed by atoms with Gasteiger partial charge in [-0.05, 0) is 69.5 Å². The molecule has 0 atom stereocenters. The lowest BCUT2D eigenvalue weighted by molar-refractivity contribution is 0.0691. The molecule has 0 bridgehead atoms. The van der Waals surface area contributed by atoms with Crippen LogP contribution in [-0.2, 0) is 9.84 Å². The van der Waals surface area contributed by atoms with E-state index in [1.165, 1.54) is 0 Å². The molecule has 0 radical (unpaired) electrons. The van der Waals surface area contributed by atoms with Crippen molar-refractivity contribution in [3.05, 3.63) is 29.8 Å². The molecule has 26 heavy (non-hydrogen) atoms. The molecule has 2 aliphatic rings. The first-order valence-corrected chi connectivity index (χ1v) is 10.8. The third kappa shape index (κ3) is 4.59. The van der Waals surface area contributed by atoms with Gasteiger partial charge in [-0.15, -0.1) is 12.4 Å². The summed E-state index contributed by atoms with van der Waals surface area (Å²) in [6, 6.07) is 6.55. The van der Waals surface area contributed by atoms with Gasteiger partial charge in [0, 0.05) is 18.7 Å². The van der Waals surface area contributed by atoms with Crippen LogP contribution in [0.5, 0.6) is 0 Å². The van der Waals surface area contributed by atoms with Gasteiger partial charge in [0.15, 0.2) is 9.84 Å². The number of benzene rings is 1. The molecule has 0 aromatic heterocycles. The second-order valence-electron chi connectivity index (χ2n) is 7.27. The molecule has 1 amide bonds. The van der Waals surface area contributed by atoms with Gasteiger partial charge in [0.1, 0.15) is 0 Å². The Balaban J connectivity index is 0.00000243. The highest BCUT2D eigenvalue weighted by Gasteiger charge is 2.30. The first-order chi connectivity index (χ1) is 12.0. The highest BCUT2D eigenvalue weighted by Crippen LogP contribution is 2.29. The van der Waals surface area contributed by atoms with Crippen LogP contribution in [0.4, 0.5) is 0 Å². The minimum atomic E-state index is -3.25. The predicted molar refractivity (Wildman–Crippen MR) is 106 cm³/mol. The van der Waals surface area contributed by atoms with Crippen LogP contribution in [0.15, 0.2) is 29.2 Å². The molecule has 1 saturated carbocycles. The Hall–Kier alpha value is -1.11. The summed E-state index contributed by atoms with van der Waals surface area (Å²) in [5.74, 6) is 0.640. The zero-order valence-electron chi connectivity index (χ0n) is 15.3. The molecular formula is C19H29ClN2O3S. The SMILES string of the molecule is CNCC1CCN(C(=O)c2ccc(S(=O)(=O)C3CCCC3)cc2)CC1.Cl. The Bertz CT molecular complexity index is 692. The van der Waals surface area contributed by atoms with Crippen LogP contribution in [0.25, 0.3) is 0 Å². The van der Waals surface area contributed by atoms with Crippen molar-refractivity contribution in [2.45, 2.75) is 48.7 Å². The minimum absolute atomic E-state index is 0. The lowest BCUT2D eigenvalue weighted by atomic mass is 9.96. The maximum absolute atomic E-state index is 12.6. The number of hydrogen-bond donors (Lipinski definition) is 1. The molecule has 7 heteroatoms. The summed E-state index contributed by atoms with van der Waals surface area (Å²) < 4.78 is 25.2. The van der Waals surface area contributed by atoms with E-state index in [-0.39, 0.29) is 23.6 Å². The van der Waals surface area contributed by atoms with Crippen molar-refractivity contribution in [2.75, 3.05) is 26.7 Å². The van der Waals surface area contributed by atoms with Crippen molar-refractivity contribution in [1.29, 1.82) is 0 Å². The maximum Gasteiger partial charge on any atom is 0.253 e. The van der Waals surface area contributed by atoms with Gasteiger partial charge in [-0.3, -0.25) is 4.79 Å². The van der Waals surface area contributed by atoms with E-state index in [4.69, 9.17) is 0 Å². The van der Waals surface area contributed by atoms with Crippen molar-refractivity contribution in [2.24, 2.45) is 5.92 Å². The molecule has 3 rings (SSSR count). The minimum Gasteiger partial charge on any atom is -0.339 e. The normalized spacial score (nSPS) is 19.3. The van der Waals surface area contributed by atoms with Gasteiger partial charge in [0.05, 0.1) is 10.1 Å². The van der Waals surface area contributed by atoms with Gasteiger partial charge in [0.2, 0.25) is 0 Å². The molecule has 1 aliphatic carbocycles. The van der Waals surface area contributed by atoms with Crippen molar-refractivity contribution < 1.29 is 13.2 Å². The average Bonchev–Trinajstić information content (AvgIpc) is 3.18. The summed E-state index contributed by atoms with van der Waals surface area (Å²) in [6.45, 7) is 2.54. The molecule has 1 aromatic rings. The number of rotatable bonds is 5. The van der Waals surface area contributed by atoms with E-state index in [1.807, 2.05) is 11.9 Å². The van der Waals surface area contributed by atoms with Gasteiger partial charge in [-0.1, -0.05) is 12.8 Å². The van der Waals surface area contributed by atoms with Crippen LogP contribution in [0.1, 0.15) is 48.9 Å². The predicted octanol–water partition coefficient (Wildman–Crippen LogP) is 2.90. The van der Waals surface area contributed by atoms with Gasteiger partial charge < -0.3 is 10.2 Å². The fraction of sp³-hybridized carbons (Fsp3) is 0.632. The lowest BCUT2D eigenvalue weighted by Crippen LogP contribution is -2.40. The number of hydrogen-bond acceptors (Lipinski definition) is 4. The van der Waals surface area contributed by atoms with E-state index in [1.54, 1.807) is 24.3 Å². The van der Waals surface area contributed by atoms with Crippen molar-refractivity contribution in [1.82, 2.24) is 10.2 Å². The van der Waals surface area contributed by atoms with E-state index in [2.05, 4.69) is 5.32 Å². The Morgan fingerprint density at radius 1 is 1.08 bits per heavy atom. The number of nitrogens with one attached hydrogen (secondary N) is 1. The third-order valence-corrected chi connectivity index (χ3v) is 7.84. The van der Waals surface area contributed by atoms with E-state index in [9.17, 15) is 13.2 Å². The summed E-state index contributed by atoms with van der Waals surface area (Å²) >= 11 is 0. The summed E-state index contributed by atoms with van der Waals surface area (Å²) in [6.07, 6.45) is 5.52. The molecule has 1 heterocycles. The maximum atomic E-state index is 12.6. The van der Waals surface area contributed by atoms with E-state index in [0.717, 1.165) is 58.2 Å². The molecule has 5 nitrogen and oxygen atoms in total. The number of sulfone groups is 1. The number of likely N-dealkylation sites (tertiary alicyclic amines) is 1. The van der Waals surface area contributed by atoms with Crippen molar-refractivity contribution in [3.8, 4) is 0 Å². The molecule has 1 saturated heterocycles. The average molecular weight is 401 g/mol. The van der Waals surface area contributed by atoms with Crippen LogP contribution in [0.3, 0.4) is 0 Å². The summed E-state index contributed by atoms with van der Waals surface area (Å²) in [4.78, 5) is 14.9. The first-order valence-electron chi connectivity index (χ1n) is 9.30. The van der Waals surface area contributed by atoms with Gasteiger partial charge in [-0.25, -0.2) is 8.42 Å². The fourth-order valence-corrected chi connectivity index (χ4v) is 5.84. The number of nitrogens with zero attached hydrogens (tertiary/aromatic N) is 1. The molecule has 2 fully saturated rings. The zero-order chi connectivity index (χ0) is 17.9. The van der Waals surface area contributed by atoms with Crippen LogP contribution in [0, 0.1) is 5.92 Å². The van der Waals surface area contributed by atoms with Gasteiger partial charge >= 0.3 is 0 Å². The summed E-state index contributed by atoms with van der Waals surface area (Å²) in [5, 5.41) is 2.95. The molecule has 1 aliphatic heterocycles. The van der Waals surface area contributed by atoms with E-state index < -0.39 is 9.84 Å². The van der Waals surface area contributed by atoms with Crippen LogP contribution in [0.2, 0.25) is 0 Å². The number of amides is 1. The largest absolute Gasteiger partial charge is 0.339 e. The molecule has 146 valence electrons. The Morgan fingerprint density at radius 3 is 2.19 bits per heavy atom. The number of piperidine rings is 1. The Labute approximate surface area is 162 Å². The Kier molecular flexibility index (Phi) is 7.50. The van der Waals surface area contributed by atoms with Gasteiger partial charge in [-0.2, -0.15) is 0 Å². The van der Waals surface area contributed by atoms with Crippen LogP contribution in [-0.4, -0.2) is 51.2 Å². The third-order valence-electron chi connectivity index (χ3n) is 5.57. The monoisotopic (exact) mass is 400 g/mol. The summed E-state index contributed by atoms with van der Waals surface area (Å²) in [5.41, 5.74) is 0.581. The highest BCUT2D eigenvalue weighted by atomic mass is 35.5. The zero-order valence-corrected chi connectivity index (χ0v) is 16.9. The quantitative estimate of drug-likeness (QED) is 0.825. The molecule has 1 aromatic carbocycles. The summed E-state index contributed by atoms with van der Waals surface area (Å²) in [7, 11) is -1.29. The lowest BCUT2D eigenvalue weighted by Gasteiger charge is -2.32. The first kappa shape index (κ1) is 21.2. The standard InChI is InChI=1S/C19H28N2O3S.ClH/c1-20-14-15-10-12-21(13-11-15)19(22)16-6-8-18(9-7-16)25(23,24)17-4-2-3-5-17;/h6-9,15,17,20H,2-5,10-14H2,1H3;1H. The molecular weight excluding hydrogens is 372 g/mol.